The van der Waals surface area contributed by atoms with Crippen LogP contribution in [0.3, 0.4) is 0 Å². The molecule has 0 amide bonds. The smallest absolute Gasteiger partial charge is 0.306 e. The minimum atomic E-state index is -0.325. The van der Waals surface area contributed by atoms with Crippen LogP contribution in [0.5, 0.6) is 0 Å². The van der Waals surface area contributed by atoms with E-state index in [0.29, 0.717) is 15.8 Å². The molecule has 0 aliphatic carbocycles. The van der Waals surface area contributed by atoms with Crippen molar-refractivity contribution in [1.29, 1.82) is 0 Å². The van der Waals surface area contributed by atoms with Crippen LogP contribution in [0.1, 0.15) is 12.0 Å². The highest BCUT2D eigenvalue weighted by Crippen LogP contribution is 2.21. The van der Waals surface area contributed by atoms with E-state index in [0.717, 1.165) is 5.56 Å². The number of aromatic nitrogens is 1. The first kappa shape index (κ1) is 15.8. The number of halogens is 2. The van der Waals surface area contributed by atoms with Gasteiger partial charge in [-0.2, -0.15) is 0 Å². The maximum atomic E-state index is 13.4. The number of nitrogens with zero attached hydrogens (tertiary/aromatic N) is 1. The zero-order valence-corrected chi connectivity index (χ0v) is 12.7. The number of hydrogen-bond acceptors (Lipinski definition) is 4. The van der Waals surface area contributed by atoms with Crippen LogP contribution in [-0.2, 0) is 16.1 Å². The molecule has 2 rings (SSSR count). The SMILES string of the molecule is O=C(CCSc1ccccc1F)OCc1ccc(Cl)nc1. The Morgan fingerprint density at radius 3 is 2.81 bits per heavy atom. The number of esters is 1. The first-order valence-electron chi connectivity index (χ1n) is 6.28. The van der Waals surface area contributed by atoms with Crippen molar-refractivity contribution in [1.82, 2.24) is 4.98 Å². The standard InChI is InChI=1S/C15H13ClFNO2S/c16-14-6-5-11(9-18-14)10-20-15(19)7-8-21-13-4-2-1-3-12(13)17/h1-6,9H,7-8,10H2. The number of carbonyl (C=O) groups is 1. The van der Waals surface area contributed by atoms with E-state index in [-0.39, 0.29) is 24.8 Å². The molecule has 0 bridgehead atoms. The zero-order valence-electron chi connectivity index (χ0n) is 11.1. The van der Waals surface area contributed by atoms with Crippen molar-refractivity contribution >= 4 is 29.3 Å². The van der Waals surface area contributed by atoms with Gasteiger partial charge in [0.05, 0.1) is 6.42 Å². The molecular weight excluding hydrogens is 313 g/mol. The van der Waals surface area contributed by atoms with E-state index < -0.39 is 0 Å². The summed E-state index contributed by atoms with van der Waals surface area (Å²) in [5.41, 5.74) is 0.773. The van der Waals surface area contributed by atoms with Crippen LogP contribution >= 0.6 is 23.4 Å². The maximum Gasteiger partial charge on any atom is 0.306 e. The van der Waals surface area contributed by atoms with Gasteiger partial charge in [0.25, 0.3) is 0 Å². The molecule has 0 unspecified atom stereocenters. The fraction of sp³-hybridized carbons (Fsp3) is 0.200. The zero-order chi connectivity index (χ0) is 15.1. The molecule has 6 heteroatoms. The van der Waals surface area contributed by atoms with Gasteiger partial charge in [0.1, 0.15) is 17.6 Å². The van der Waals surface area contributed by atoms with Gasteiger partial charge in [0.15, 0.2) is 0 Å². The lowest BCUT2D eigenvalue weighted by molar-refractivity contribution is -0.144. The monoisotopic (exact) mass is 325 g/mol. The molecule has 0 radical (unpaired) electrons. The van der Waals surface area contributed by atoms with Crippen molar-refractivity contribution in [2.24, 2.45) is 0 Å². The molecule has 110 valence electrons. The summed E-state index contributed by atoms with van der Waals surface area (Å²) in [6.07, 6.45) is 1.78. The molecule has 0 N–H and O–H groups in total. The third-order valence-electron chi connectivity index (χ3n) is 2.59. The topological polar surface area (TPSA) is 39.2 Å². The van der Waals surface area contributed by atoms with Gasteiger partial charge in [0, 0.05) is 22.4 Å². The minimum absolute atomic E-state index is 0.160. The van der Waals surface area contributed by atoms with Crippen molar-refractivity contribution in [2.45, 2.75) is 17.9 Å². The molecule has 0 saturated heterocycles. The second kappa shape index (κ2) is 8.00. The Bertz CT molecular complexity index is 607. The Morgan fingerprint density at radius 2 is 2.10 bits per heavy atom. The van der Waals surface area contributed by atoms with Crippen LogP contribution in [0, 0.1) is 5.82 Å². The summed E-state index contributed by atoms with van der Waals surface area (Å²) in [5.74, 6) is -0.129. The molecule has 0 aliphatic rings. The largest absolute Gasteiger partial charge is 0.461 e. The number of ether oxygens (including phenoxy) is 1. The summed E-state index contributed by atoms with van der Waals surface area (Å²) in [4.78, 5) is 16.0. The highest BCUT2D eigenvalue weighted by Gasteiger charge is 2.06. The second-order valence-electron chi connectivity index (χ2n) is 4.18. The van der Waals surface area contributed by atoms with Crippen LogP contribution in [0.15, 0.2) is 47.5 Å². The fourth-order valence-corrected chi connectivity index (χ4v) is 2.52. The van der Waals surface area contributed by atoms with Gasteiger partial charge in [-0.15, -0.1) is 11.8 Å². The van der Waals surface area contributed by atoms with E-state index in [2.05, 4.69) is 4.98 Å². The molecule has 2 aromatic rings. The summed E-state index contributed by atoms with van der Waals surface area (Å²) in [5, 5.41) is 0.395. The number of thioether (sulfide) groups is 1. The van der Waals surface area contributed by atoms with Gasteiger partial charge >= 0.3 is 5.97 Å². The molecule has 1 aromatic carbocycles. The summed E-state index contributed by atoms with van der Waals surface area (Å²) in [7, 11) is 0. The van der Waals surface area contributed by atoms with E-state index in [9.17, 15) is 9.18 Å². The maximum absolute atomic E-state index is 13.4. The molecule has 1 aromatic heterocycles. The molecule has 3 nitrogen and oxygen atoms in total. The van der Waals surface area contributed by atoms with Gasteiger partial charge in [0.2, 0.25) is 0 Å². The molecule has 21 heavy (non-hydrogen) atoms. The summed E-state index contributed by atoms with van der Waals surface area (Å²) in [6, 6.07) is 9.86. The van der Waals surface area contributed by atoms with Crippen LogP contribution in [0.2, 0.25) is 5.15 Å². The Morgan fingerprint density at radius 1 is 1.29 bits per heavy atom. The molecular formula is C15H13ClFNO2S. The predicted octanol–water partition coefficient (Wildman–Crippen LogP) is 4.10. The normalized spacial score (nSPS) is 10.4. The van der Waals surface area contributed by atoms with E-state index in [4.69, 9.17) is 16.3 Å². The Balaban J connectivity index is 1.70. The van der Waals surface area contributed by atoms with Gasteiger partial charge < -0.3 is 4.74 Å². The first-order valence-corrected chi connectivity index (χ1v) is 7.65. The highest BCUT2D eigenvalue weighted by atomic mass is 35.5. The Kier molecular flexibility index (Phi) is 6.02. The quantitative estimate of drug-likeness (QED) is 0.455. The lowest BCUT2D eigenvalue weighted by Crippen LogP contribution is -2.05. The van der Waals surface area contributed by atoms with Crippen LogP contribution < -0.4 is 0 Å². The fourth-order valence-electron chi connectivity index (χ4n) is 1.53. The van der Waals surface area contributed by atoms with Crippen molar-refractivity contribution in [3.8, 4) is 0 Å². The Labute approximate surface area is 131 Å². The second-order valence-corrected chi connectivity index (χ2v) is 5.70. The molecule has 0 spiro atoms. The average molecular weight is 326 g/mol. The number of hydrogen-bond donors (Lipinski definition) is 0. The number of benzene rings is 1. The summed E-state index contributed by atoms with van der Waals surface area (Å²) >= 11 is 6.96. The van der Waals surface area contributed by atoms with Crippen molar-refractivity contribution in [3.63, 3.8) is 0 Å². The molecule has 0 saturated carbocycles. The summed E-state index contributed by atoms with van der Waals surface area (Å²) < 4.78 is 18.5. The van der Waals surface area contributed by atoms with Crippen molar-refractivity contribution in [3.05, 3.63) is 59.1 Å². The van der Waals surface area contributed by atoms with E-state index in [1.807, 2.05) is 0 Å². The first-order chi connectivity index (χ1) is 10.1. The van der Waals surface area contributed by atoms with Crippen LogP contribution in [0.25, 0.3) is 0 Å². The Hall–Kier alpha value is -1.59. The number of carbonyl (C=O) groups excluding carboxylic acids is 1. The van der Waals surface area contributed by atoms with E-state index >= 15 is 0 Å². The van der Waals surface area contributed by atoms with Crippen molar-refractivity contribution < 1.29 is 13.9 Å². The minimum Gasteiger partial charge on any atom is -0.461 e. The van der Waals surface area contributed by atoms with Gasteiger partial charge in [-0.3, -0.25) is 4.79 Å². The van der Waals surface area contributed by atoms with Gasteiger partial charge in [-0.05, 0) is 18.2 Å². The van der Waals surface area contributed by atoms with Gasteiger partial charge in [-0.1, -0.05) is 29.8 Å². The van der Waals surface area contributed by atoms with E-state index in [1.54, 1.807) is 36.5 Å². The molecule has 0 fully saturated rings. The predicted molar refractivity (Wildman–Crippen MR) is 80.8 cm³/mol. The van der Waals surface area contributed by atoms with Crippen LogP contribution in [-0.4, -0.2) is 16.7 Å². The summed E-state index contributed by atoms with van der Waals surface area (Å²) in [6.45, 7) is 0.160. The van der Waals surface area contributed by atoms with Gasteiger partial charge in [-0.25, -0.2) is 9.37 Å². The molecule has 1 heterocycles. The molecule has 0 aliphatic heterocycles. The highest BCUT2D eigenvalue weighted by molar-refractivity contribution is 7.99. The van der Waals surface area contributed by atoms with E-state index in [1.165, 1.54) is 17.8 Å². The van der Waals surface area contributed by atoms with Crippen LogP contribution in [0.4, 0.5) is 4.39 Å². The lowest BCUT2D eigenvalue weighted by atomic mass is 10.3. The lowest BCUT2D eigenvalue weighted by Gasteiger charge is -2.05. The number of pyridine rings is 1. The molecule has 0 atom stereocenters. The third kappa shape index (κ3) is 5.36. The number of rotatable bonds is 6. The van der Waals surface area contributed by atoms with Crippen molar-refractivity contribution in [2.75, 3.05) is 5.75 Å². The average Bonchev–Trinajstić information content (AvgIpc) is 2.49. The third-order valence-corrected chi connectivity index (χ3v) is 3.86.